The molecule has 1 aliphatic heterocycles. The topological polar surface area (TPSA) is 27.1 Å². The van der Waals surface area contributed by atoms with Crippen LogP contribution in [0.15, 0.2) is 22.7 Å². The monoisotopic (exact) mass is 328 g/mol. The van der Waals surface area contributed by atoms with E-state index in [0.717, 1.165) is 47.5 Å². The van der Waals surface area contributed by atoms with E-state index in [1.54, 1.807) is 0 Å². The number of rotatable bonds is 3. The zero-order valence-electron chi connectivity index (χ0n) is 9.90. The SMILES string of the molecule is ClCc1nc2cc(Br)ccc2n1CC1CCOC1. The molecule has 2 aromatic rings. The van der Waals surface area contributed by atoms with Gasteiger partial charge in [-0.25, -0.2) is 4.98 Å². The predicted octanol–water partition coefficient (Wildman–Crippen LogP) is 3.57. The van der Waals surface area contributed by atoms with E-state index < -0.39 is 0 Å². The summed E-state index contributed by atoms with van der Waals surface area (Å²) in [5.41, 5.74) is 2.15. The molecule has 1 saturated heterocycles. The number of imidazole rings is 1. The Kier molecular flexibility index (Phi) is 3.59. The van der Waals surface area contributed by atoms with Crippen LogP contribution in [0.25, 0.3) is 11.0 Å². The van der Waals surface area contributed by atoms with E-state index in [1.165, 1.54) is 0 Å². The molecule has 0 aliphatic carbocycles. The van der Waals surface area contributed by atoms with E-state index in [-0.39, 0.29) is 0 Å². The molecule has 0 N–H and O–H groups in total. The van der Waals surface area contributed by atoms with Crippen molar-refractivity contribution >= 4 is 38.6 Å². The van der Waals surface area contributed by atoms with Crippen LogP contribution in [0.4, 0.5) is 0 Å². The molecule has 0 bridgehead atoms. The summed E-state index contributed by atoms with van der Waals surface area (Å²) in [4.78, 5) is 4.59. The predicted molar refractivity (Wildman–Crippen MR) is 75.9 cm³/mol. The van der Waals surface area contributed by atoms with E-state index >= 15 is 0 Å². The van der Waals surface area contributed by atoms with Crippen molar-refractivity contribution in [2.45, 2.75) is 18.8 Å². The number of benzene rings is 1. The Morgan fingerprint density at radius 3 is 3.11 bits per heavy atom. The lowest BCUT2D eigenvalue weighted by molar-refractivity contribution is 0.182. The maximum absolute atomic E-state index is 6.00. The third-order valence-electron chi connectivity index (χ3n) is 3.37. The Balaban J connectivity index is 2.01. The lowest BCUT2D eigenvalue weighted by atomic mass is 10.1. The number of ether oxygens (including phenoxy) is 1. The molecule has 0 radical (unpaired) electrons. The zero-order valence-corrected chi connectivity index (χ0v) is 12.2. The highest BCUT2D eigenvalue weighted by Gasteiger charge is 2.19. The van der Waals surface area contributed by atoms with Crippen LogP contribution in [-0.4, -0.2) is 22.8 Å². The van der Waals surface area contributed by atoms with Crippen LogP contribution in [0.2, 0.25) is 0 Å². The number of fused-ring (bicyclic) bond motifs is 1. The van der Waals surface area contributed by atoms with Gasteiger partial charge in [0.05, 0.1) is 23.5 Å². The second-order valence-corrected chi connectivity index (χ2v) is 5.82. The zero-order chi connectivity index (χ0) is 12.5. The van der Waals surface area contributed by atoms with Gasteiger partial charge >= 0.3 is 0 Å². The summed E-state index contributed by atoms with van der Waals surface area (Å²) in [6.45, 7) is 2.66. The third-order valence-corrected chi connectivity index (χ3v) is 4.11. The molecular formula is C13H14BrClN2O. The van der Waals surface area contributed by atoms with Gasteiger partial charge in [-0.1, -0.05) is 15.9 Å². The average molecular weight is 330 g/mol. The molecule has 96 valence electrons. The number of aromatic nitrogens is 2. The molecule has 1 aromatic heterocycles. The van der Waals surface area contributed by atoms with Gasteiger partial charge in [-0.3, -0.25) is 0 Å². The normalized spacial score (nSPS) is 19.8. The largest absolute Gasteiger partial charge is 0.381 e. The quantitative estimate of drug-likeness (QED) is 0.805. The van der Waals surface area contributed by atoms with Crippen molar-refractivity contribution in [2.24, 2.45) is 5.92 Å². The summed E-state index contributed by atoms with van der Waals surface area (Å²) in [5.74, 6) is 1.96. The molecule has 3 rings (SSSR count). The summed E-state index contributed by atoms with van der Waals surface area (Å²) in [5, 5.41) is 0. The van der Waals surface area contributed by atoms with Gasteiger partial charge in [0.15, 0.2) is 0 Å². The van der Waals surface area contributed by atoms with Crippen molar-refractivity contribution in [3.8, 4) is 0 Å². The Hall–Kier alpha value is -0.580. The number of nitrogens with zero attached hydrogens (tertiary/aromatic N) is 2. The van der Waals surface area contributed by atoms with Crippen molar-refractivity contribution in [3.63, 3.8) is 0 Å². The van der Waals surface area contributed by atoms with Gasteiger partial charge in [0.1, 0.15) is 5.82 Å². The first-order chi connectivity index (χ1) is 8.78. The van der Waals surface area contributed by atoms with Crippen molar-refractivity contribution in [3.05, 3.63) is 28.5 Å². The van der Waals surface area contributed by atoms with Crippen LogP contribution in [0.3, 0.4) is 0 Å². The van der Waals surface area contributed by atoms with Gasteiger partial charge in [0, 0.05) is 23.5 Å². The highest BCUT2D eigenvalue weighted by atomic mass is 79.9. The fourth-order valence-electron chi connectivity index (χ4n) is 2.44. The maximum Gasteiger partial charge on any atom is 0.124 e. The van der Waals surface area contributed by atoms with Gasteiger partial charge in [0.25, 0.3) is 0 Å². The lowest BCUT2D eigenvalue weighted by Gasteiger charge is -2.12. The minimum absolute atomic E-state index is 0.444. The van der Waals surface area contributed by atoms with Crippen molar-refractivity contribution in [1.29, 1.82) is 0 Å². The lowest BCUT2D eigenvalue weighted by Crippen LogP contribution is -2.12. The number of halogens is 2. The van der Waals surface area contributed by atoms with E-state index in [2.05, 4.69) is 31.5 Å². The van der Waals surface area contributed by atoms with Crippen molar-refractivity contribution in [2.75, 3.05) is 13.2 Å². The summed E-state index contributed by atoms with van der Waals surface area (Å²) in [6.07, 6.45) is 1.12. The molecule has 1 atom stereocenters. The first-order valence-corrected chi connectivity index (χ1v) is 7.39. The number of alkyl halides is 1. The molecular weight excluding hydrogens is 316 g/mol. The Labute approximate surface area is 119 Å². The van der Waals surface area contributed by atoms with Crippen molar-refractivity contribution < 1.29 is 4.74 Å². The first kappa shape index (κ1) is 12.5. The van der Waals surface area contributed by atoms with Gasteiger partial charge in [0.2, 0.25) is 0 Å². The minimum atomic E-state index is 0.444. The average Bonchev–Trinajstić information content (AvgIpc) is 2.97. The standard InChI is InChI=1S/C13H14BrClN2O/c14-10-1-2-12-11(5-10)16-13(6-15)17(12)7-9-3-4-18-8-9/h1-2,5,9H,3-4,6-8H2. The molecule has 1 aromatic carbocycles. The van der Waals surface area contributed by atoms with Crippen LogP contribution >= 0.6 is 27.5 Å². The molecule has 1 unspecified atom stereocenters. The van der Waals surface area contributed by atoms with Gasteiger partial charge in [-0.2, -0.15) is 0 Å². The number of hydrogen-bond donors (Lipinski definition) is 0. The Morgan fingerprint density at radius 2 is 2.39 bits per heavy atom. The molecule has 0 saturated carbocycles. The van der Waals surface area contributed by atoms with Gasteiger partial charge in [-0.15, -0.1) is 11.6 Å². The molecule has 5 heteroatoms. The summed E-state index contributed by atoms with van der Waals surface area (Å²) in [7, 11) is 0. The summed E-state index contributed by atoms with van der Waals surface area (Å²) >= 11 is 9.48. The van der Waals surface area contributed by atoms with Crippen molar-refractivity contribution in [1.82, 2.24) is 9.55 Å². The molecule has 0 spiro atoms. The second kappa shape index (κ2) is 5.19. The van der Waals surface area contributed by atoms with Gasteiger partial charge < -0.3 is 9.30 Å². The second-order valence-electron chi connectivity index (χ2n) is 4.63. The number of hydrogen-bond acceptors (Lipinski definition) is 2. The molecule has 1 aliphatic rings. The van der Waals surface area contributed by atoms with Crippen LogP contribution in [0.1, 0.15) is 12.2 Å². The summed E-state index contributed by atoms with van der Waals surface area (Å²) in [6, 6.07) is 6.18. The Morgan fingerprint density at radius 1 is 1.50 bits per heavy atom. The smallest absolute Gasteiger partial charge is 0.124 e. The highest BCUT2D eigenvalue weighted by molar-refractivity contribution is 9.10. The summed E-state index contributed by atoms with van der Waals surface area (Å²) < 4.78 is 8.71. The maximum atomic E-state index is 6.00. The van der Waals surface area contributed by atoms with E-state index in [4.69, 9.17) is 16.3 Å². The van der Waals surface area contributed by atoms with Crippen LogP contribution < -0.4 is 0 Å². The highest BCUT2D eigenvalue weighted by Crippen LogP contribution is 2.24. The molecule has 0 amide bonds. The molecule has 3 nitrogen and oxygen atoms in total. The van der Waals surface area contributed by atoms with Crippen LogP contribution in [0, 0.1) is 5.92 Å². The van der Waals surface area contributed by atoms with Crippen LogP contribution in [0.5, 0.6) is 0 Å². The molecule has 1 fully saturated rings. The minimum Gasteiger partial charge on any atom is -0.381 e. The van der Waals surface area contributed by atoms with E-state index in [1.807, 2.05) is 12.1 Å². The van der Waals surface area contributed by atoms with E-state index in [9.17, 15) is 0 Å². The van der Waals surface area contributed by atoms with E-state index in [0.29, 0.717) is 11.8 Å². The third kappa shape index (κ3) is 2.29. The molecule has 2 heterocycles. The Bertz CT molecular complexity index is 563. The fraction of sp³-hybridized carbons (Fsp3) is 0.462. The fourth-order valence-corrected chi connectivity index (χ4v) is 3.00. The molecule has 18 heavy (non-hydrogen) atoms. The first-order valence-electron chi connectivity index (χ1n) is 6.06. The van der Waals surface area contributed by atoms with Gasteiger partial charge in [-0.05, 0) is 24.6 Å². The van der Waals surface area contributed by atoms with Crippen LogP contribution in [-0.2, 0) is 17.2 Å².